The van der Waals surface area contributed by atoms with Gasteiger partial charge in [0.2, 0.25) is 5.91 Å². The number of halogens is 2. The number of carbonyl (C=O) groups excluding carboxylic acids is 1. The van der Waals surface area contributed by atoms with Crippen LogP contribution in [0.4, 0.5) is 4.39 Å². The number of carbonyl (C=O) groups is 1. The van der Waals surface area contributed by atoms with Gasteiger partial charge in [0.25, 0.3) is 0 Å². The van der Waals surface area contributed by atoms with Gasteiger partial charge < -0.3 is 5.32 Å². The number of benzene rings is 1. The lowest BCUT2D eigenvalue weighted by Crippen LogP contribution is -2.54. The Kier molecular flexibility index (Phi) is 4.35. The van der Waals surface area contributed by atoms with Crippen LogP contribution in [0, 0.1) is 5.82 Å². The van der Waals surface area contributed by atoms with Gasteiger partial charge in [0.15, 0.2) is 0 Å². The van der Waals surface area contributed by atoms with Gasteiger partial charge in [-0.15, -0.1) is 0 Å². The van der Waals surface area contributed by atoms with Crippen LogP contribution >= 0.6 is 15.9 Å². The fraction of sp³-hybridized carbons (Fsp3) is 0.462. The van der Waals surface area contributed by atoms with Crippen LogP contribution in [0.2, 0.25) is 0 Å². The number of amides is 1. The van der Waals surface area contributed by atoms with Gasteiger partial charge in [0, 0.05) is 19.6 Å². The van der Waals surface area contributed by atoms with E-state index in [1.807, 2.05) is 13.0 Å². The number of nitrogens with zero attached hydrogens (tertiary/aromatic N) is 1. The maximum atomic E-state index is 13.4. The number of piperazine rings is 1. The molecule has 0 spiro atoms. The molecule has 0 aliphatic carbocycles. The molecule has 0 radical (unpaired) electrons. The van der Waals surface area contributed by atoms with E-state index in [2.05, 4.69) is 26.1 Å². The Balaban J connectivity index is 2.17. The van der Waals surface area contributed by atoms with Gasteiger partial charge in [-0.25, -0.2) is 4.39 Å². The summed E-state index contributed by atoms with van der Waals surface area (Å²) in [6, 6.07) is 4.88. The lowest BCUT2D eigenvalue weighted by atomic mass is 10.1. The van der Waals surface area contributed by atoms with Crippen molar-refractivity contribution in [3.8, 4) is 0 Å². The number of rotatable bonds is 3. The number of hydrogen-bond donors (Lipinski definition) is 1. The van der Waals surface area contributed by atoms with E-state index in [4.69, 9.17) is 0 Å². The quantitative estimate of drug-likeness (QED) is 0.928. The van der Waals surface area contributed by atoms with Gasteiger partial charge in [0.1, 0.15) is 5.82 Å². The average Bonchev–Trinajstić information content (AvgIpc) is 2.35. The largest absolute Gasteiger partial charge is 0.353 e. The van der Waals surface area contributed by atoms with Crippen LogP contribution in [0.25, 0.3) is 0 Å². The lowest BCUT2D eigenvalue weighted by molar-refractivity contribution is -0.129. The van der Waals surface area contributed by atoms with Crippen LogP contribution in [-0.4, -0.2) is 29.9 Å². The molecular formula is C13H16BrFN2O. The van der Waals surface area contributed by atoms with Gasteiger partial charge in [-0.2, -0.15) is 0 Å². The summed E-state index contributed by atoms with van der Waals surface area (Å²) in [6.45, 7) is 4.03. The first-order valence-electron chi connectivity index (χ1n) is 6.08. The summed E-state index contributed by atoms with van der Waals surface area (Å²) in [5, 5.41) is 2.86. The molecule has 2 rings (SSSR count). The third-order valence-corrected chi connectivity index (χ3v) is 4.12. The van der Waals surface area contributed by atoms with Crippen molar-refractivity contribution in [3.05, 3.63) is 34.1 Å². The normalized spacial score (nSPS) is 20.8. The van der Waals surface area contributed by atoms with E-state index >= 15 is 0 Å². The second kappa shape index (κ2) is 5.80. The van der Waals surface area contributed by atoms with Crippen molar-refractivity contribution >= 4 is 21.8 Å². The summed E-state index contributed by atoms with van der Waals surface area (Å²) in [4.78, 5) is 13.8. The van der Waals surface area contributed by atoms with Crippen LogP contribution in [0.3, 0.4) is 0 Å². The summed E-state index contributed by atoms with van der Waals surface area (Å²) in [6.07, 6.45) is 0.763. The molecule has 1 atom stereocenters. The summed E-state index contributed by atoms with van der Waals surface area (Å²) >= 11 is 3.26. The van der Waals surface area contributed by atoms with Crippen LogP contribution in [0.5, 0.6) is 0 Å². The molecule has 0 saturated carbocycles. The standard InChI is InChI=1S/C13H16BrFN2O/c1-2-11-13(18)16-6-7-17(11)8-9-4-3-5-10(15)12(9)14/h3-5,11H,2,6-8H2,1H3,(H,16,18). The fourth-order valence-corrected chi connectivity index (χ4v) is 2.67. The monoisotopic (exact) mass is 314 g/mol. The van der Waals surface area contributed by atoms with Crippen molar-refractivity contribution in [2.45, 2.75) is 25.9 Å². The first-order valence-corrected chi connectivity index (χ1v) is 6.87. The molecule has 1 amide bonds. The predicted molar refractivity (Wildman–Crippen MR) is 71.6 cm³/mol. The van der Waals surface area contributed by atoms with E-state index < -0.39 is 0 Å². The molecule has 0 aromatic heterocycles. The molecule has 1 aromatic carbocycles. The molecule has 3 nitrogen and oxygen atoms in total. The molecule has 1 N–H and O–H groups in total. The second-order valence-corrected chi connectivity index (χ2v) is 5.19. The minimum Gasteiger partial charge on any atom is -0.353 e. The minimum absolute atomic E-state index is 0.0660. The summed E-state index contributed by atoms with van der Waals surface area (Å²) in [7, 11) is 0. The fourth-order valence-electron chi connectivity index (χ4n) is 2.28. The maximum absolute atomic E-state index is 13.4. The van der Waals surface area contributed by atoms with Crippen LogP contribution < -0.4 is 5.32 Å². The van der Waals surface area contributed by atoms with Gasteiger partial charge in [-0.05, 0) is 34.0 Å². The zero-order valence-corrected chi connectivity index (χ0v) is 11.8. The Hall–Kier alpha value is -0.940. The molecule has 98 valence electrons. The third-order valence-electron chi connectivity index (χ3n) is 3.23. The van der Waals surface area contributed by atoms with Crippen molar-refractivity contribution in [2.75, 3.05) is 13.1 Å². The Labute approximate surface area is 114 Å². The highest BCUT2D eigenvalue weighted by atomic mass is 79.9. The third kappa shape index (κ3) is 2.72. The van der Waals surface area contributed by atoms with Crippen molar-refractivity contribution in [2.24, 2.45) is 0 Å². The predicted octanol–water partition coefficient (Wildman–Crippen LogP) is 2.30. The van der Waals surface area contributed by atoms with Crippen molar-refractivity contribution in [1.29, 1.82) is 0 Å². The molecular weight excluding hydrogens is 299 g/mol. The van der Waals surface area contributed by atoms with Gasteiger partial charge in [-0.3, -0.25) is 9.69 Å². The zero-order valence-electron chi connectivity index (χ0n) is 10.2. The second-order valence-electron chi connectivity index (χ2n) is 4.40. The molecule has 0 bridgehead atoms. The Morgan fingerprint density at radius 1 is 1.56 bits per heavy atom. The van der Waals surface area contributed by atoms with E-state index in [-0.39, 0.29) is 17.8 Å². The highest BCUT2D eigenvalue weighted by molar-refractivity contribution is 9.10. The smallest absolute Gasteiger partial charge is 0.237 e. The molecule has 1 fully saturated rings. The van der Waals surface area contributed by atoms with Gasteiger partial charge >= 0.3 is 0 Å². The van der Waals surface area contributed by atoms with E-state index in [0.717, 1.165) is 18.5 Å². The number of hydrogen-bond acceptors (Lipinski definition) is 2. The molecule has 1 unspecified atom stereocenters. The molecule has 1 aliphatic heterocycles. The van der Waals surface area contributed by atoms with Gasteiger partial charge in [-0.1, -0.05) is 19.1 Å². The molecule has 1 heterocycles. The lowest BCUT2D eigenvalue weighted by Gasteiger charge is -2.34. The van der Waals surface area contributed by atoms with Gasteiger partial charge in [0.05, 0.1) is 10.5 Å². The summed E-state index contributed by atoms with van der Waals surface area (Å²) < 4.78 is 13.9. The maximum Gasteiger partial charge on any atom is 0.237 e. The van der Waals surface area contributed by atoms with E-state index in [1.54, 1.807) is 6.07 Å². The zero-order chi connectivity index (χ0) is 13.1. The van der Waals surface area contributed by atoms with Crippen LogP contribution in [0.1, 0.15) is 18.9 Å². The van der Waals surface area contributed by atoms with E-state index in [1.165, 1.54) is 6.07 Å². The first kappa shape index (κ1) is 13.5. The highest BCUT2D eigenvalue weighted by Crippen LogP contribution is 2.23. The van der Waals surface area contributed by atoms with Crippen LogP contribution in [0.15, 0.2) is 22.7 Å². The minimum atomic E-state index is -0.262. The molecule has 5 heteroatoms. The van der Waals surface area contributed by atoms with E-state index in [0.29, 0.717) is 17.6 Å². The molecule has 1 aromatic rings. The van der Waals surface area contributed by atoms with Crippen LogP contribution in [-0.2, 0) is 11.3 Å². The first-order chi connectivity index (χ1) is 8.63. The van der Waals surface area contributed by atoms with Crippen molar-refractivity contribution in [1.82, 2.24) is 10.2 Å². The Bertz CT molecular complexity index is 453. The van der Waals surface area contributed by atoms with Crippen molar-refractivity contribution in [3.63, 3.8) is 0 Å². The Morgan fingerprint density at radius 3 is 3.06 bits per heavy atom. The summed E-state index contributed by atoms with van der Waals surface area (Å²) in [5.41, 5.74) is 0.878. The number of nitrogens with one attached hydrogen (secondary N) is 1. The highest BCUT2D eigenvalue weighted by Gasteiger charge is 2.28. The Morgan fingerprint density at radius 2 is 2.33 bits per heavy atom. The summed E-state index contributed by atoms with van der Waals surface area (Å²) in [5.74, 6) is -0.196. The molecule has 1 saturated heterocycles. The molecule has 18 heavy (non-hydrogen) atoms. The van der Waals surface area contributed by atoms with E-state index in [9.17, 15) is 9.18 Å². The topological polar surface area (TPSA) is 32.3 Å². The molecule has 1 aliphatic rings. The average molecular weight is 315 g/mol. The SMILES string of the molecule is CCC1C(=O)NCCN1Cc1cccc(F)c1Br. The van der Waals surface area contributed by atoms with Crippen molar-refractivity contribution < 1.29 is 9.18 Å².